The Balaban J connectivity index is 2.81. The zero-order valence-electron chi connectivity index (χ0n) is 13.0. The number of benzene rings is 1. The van der Waals surface area contributed by atoms with Crippen LogP contribution in [-0.4, -0.2) is 54.5 Å². The highest BCUT2D eigenvalue weighted by Gasteiger charge is 2.21. The Labute approximate surface area is 131 Å². The Bertz CT molecular complexity index is 589. The average Bonchev–Trinajstić information content (AvgIpc) is 2.47. The number of ether oxygens (including phenoxy) is 2. The maximum atomic E-state index is 12.0. The first-order valence-electron chi connectivity index (χ1n) is 6.76. The van der Waals surface area contributed by atoms with Crippen molar-refractivity contribution in [3.05, 3.63) is 24.3 Å². The number of carbonyl (C=O) groups is 1. The largest absolute Gasteiger partial charge is 0.495 e. The van der Waals surface area contributed by atoms with Gasteiger partial charge in [-0.05, 0) is 12.1 Å². The molecule has 7 nitrogen and oxygen atoms in total. The summed E-state index contributed by atoms with van der Waals surface area (Å²) in [6.45, 7) is 0.842. The molecule has 0 bridgehead atoms. The van der Waals surface area contributed by atoms with Crippen LogP contribution in [0.1, 0.15) is 6.42 Å². The molecule has 1 N–H and O–H groups in total. The lowest BCUT2D eigenvalue weighted by Crippen LogP contribution is -2.35. The van der Waals surface area contributed by atoms with Gasteiger partial charge in [-0.25, -0.2) is 8.42 Å². The van der Waals surface area contributed by atoms with Crippen molar-refractivity contribution in [3.63, 3.8) is 0 Å². The van der Waals surface area contributed by atoms with E-state index in [2.05, 4.69) is 5.32 Å². The molecule has 1 aromatic rings. The molecule has 8 heteroatoms. The van der Waals surface area contributed by atoms with E-state index in [0.717, 1.165) is 6.26 Å². The summed E-state index contributed by atoms with van der Waals surface area (Å²) in [6.07, 6.45) is 1.15. The Morgan fingerprint density at radius 3 is 2.55 bits per heavy atom. The van der Waals surface area contributed by atoms with Crippen LogP contribution < -0.4 is 14.4 Å². The number of hydrogen-bond donors (Lipinski definition) is 1. The number of nitrogens with zero attached hydrogens (tertiary/aromatic N) is 1. The fraction of sp³-hybridized carbons (Fsp3) is 0.500. The summed E-state index contributed by atoms with van der Waals surface area (Å²) in [4.78, 5) is 11.7. The van der Waals surface area contributed by atoms with Crippen molar-refractivity contribution in [3.8, 4) is 5.75 Å². The van der Waals surface area contributed by atoms with Crippen molar-refractivity contribution in [2.45, 2.75) is 6.42 Å². The van der Waals surface area contributed by atoms with E-state index < -0.39 is 10.0 Å². The lowest BCUT2D eigenvalue weighted by atomic mass is 10.3. The molecule has 0 heterocycles. The molecule has 0 atom stereocenters. The van der Waals surface area contributed by atoms with E-state index in [-0.39, 0.29) is 18.9 Å². The van der Waals surface area contributed by atoms with E-state index in [0.29, 0.717) is 24.6 Å². The number of rotatable bonds is 9. The summed E-state index contributed by atoms with van der Waals surface area (Å²) in [5, 5.41) is 2.65. The van der Waals surface area contributed by atoms with Crippen molar-refractivity contribution >= 4 is 21.6 Å². The van der Waals surface area contributed by atoms with Gasteiger partial charge in [0.25, 0.3) is 0 Å². The predicted octanol–water partition coefficient (Wildman–Crippen LogP) is 0.614. The van der Waals surface area contributed by atoms with E-state index >= 15 is 0 Å². The van der Waals surface area contributed by atoms with E-state index in [1.807, 2.05) is 0 Å². The van der Waals surface area contributed by atoms with Gasteiger partial charge in [-0.1, -0.05) is 12.1 Å². The summed E-state index contributed by atoms with van der Waals surface area (Å²) in [5.41, 5.74) is 0.414. The lowest BCUT2D eigenvalue weighted by molar-refractivity contribution is -0.121. The molecule has 0 aliphatic rings. The van der Waals surface area contributed by atoms with Crippen LogP contribution >= 0.6 is 0 Å². The zero-order valence-corrected chi connectivity index (χ0v) is 13.9. The molecular weight excluding hydrogens is 308 g/mol. The van der Waals surface area contributed by atoms with Crippen molar-refractivity contribution in [1.29, 1.82) is 0 Å². The predicted molar refractivity (Wildman–Crippen MR) is 84.7 cm³/mol. The van der Waals surface area contributed by atoms with Crippen molar-refractivity contribution < 1.29 is 22.7 Å². The number of para-hydroxylation sites is 2. The Morgan fingerprint density at radius 1 is 1.27 bits per heavy atom. The molecular formula is C14H22N2O5S. The maximum Gasteiger partial charge on any atom is 0.232 e. The maximum absolute atomic E-state index is 12.0. The molecule has 0 aliphatic carbocycles. The summed E-state index contributed by atoms with van der Waals surface area (Å²) in [6, 6.07) is 6.78. The van der Waals surface area contributed by atoms with E-state index in [1.165, 1.54) is 11.4 Å². The smallest absolute Gasteiger partial charge is 0.232 e. The standard InChI is InChI=1S/C14H22N2O5S/c1-20-11-9-15-14(17)8-10-16(22(3,18)19)12-6-4-5-7-13(12)21-2/h4-7H,8-11H2,1-3H3,(H,15,17). The third kappa shape index (κ3) is 5.53. The second kappa shape index (κ2) is 8.60. The van der Waals surface area contributed by atoms with Gasteiger partial charge in [0, 0.05) is 26.6 Å². The molecule has 0 fully saturated rings. The molecule has 0 aliphatic heterocycles. The SMILES string of the molecule is COCCNC(=O)CCN(c1ccccc1OC)S(C)(=O)=O. The van der Waals surface area contributed by atoms with Crippen LogP contribution in [0.25, 0.3) is 0 Å². The highest BCUT2D eigenvalue weighted by molar-refractivity contribution is 7.92. The molecule has 0 radical (unpaired) electrons. The van der Waals surface area contributed by atoms with Gasteiger partial charge >= 0.3 is 0 Å². The fourth-order valence-electron chi connectivity index (χ4n) is 1.88. The third-order valence-corrected chi connectivity index (χ3v) is 4.10. The number of hydrogen-bond acceptors (Lipinski definition) is 5. The van der Waals surface area contributed by atoms with E-state index in [1.54, 1.807) is 31.4 Å². The van der Waals surface area contributed by atoms with Gasteiger partial charge in [0.1, 0.15) is 5.75 Å². The third-order valence-electron chi connectivity index (χ3n) is 2.92. The van der Waals surface area contributed by atoms with Gasteiger partial charge in [-0.15, -0.1) is 0 Å². The van der Waals surface area contributed by atoms with Crippen molar-refractivity contribution in [2.75, 3.05) is 44.5 Å². The highest BCUT2D eigenvalue weighted by atomic mass is 32.2. The first-order valence-corrected chi connectivity index (χ1v) is 8.61. The summed E-state index contributed by atoms with van der Waals surface area (Å²) in [7, 11) is -0.513. The van der Waals surface area contributed by atoms with Crippen LogP contribution in [0.4, 0.5) is 5.69 Å². The first-order chi connectivity index (χ1) is 10.4. The normalized spacial score (nSPS) is 11.0. The minimum Gasteiger partial charge on any atom is -0.495 e. The molecule has 1 aromatic carbocycles. The molecule has 0 saturated heterocycles. The van der Waals surface area contributed by atoms with Gasteiger partial charge in [0.15, 0.2) is 0 Å². The Hall–Kier alpha value is -1.80. The number of methoxy groups -OCH3 is 2. The van der Waals surface area contributed by atoms with E-state index in [4.69, 9.17) is 9.47 Å². The van der Waals surface area contributed by atoms with Crippen LogP contribution in [0.2, 0.25) is 0 Å². The van der Waals surface area contributed by atoms with Gasteiger partial charge < -0.3 is 14.8 Å². The number of sulfonamides is 1. The summed E-state index contributed by atoms with van der Waals surface area (Å²) >= 11 is 0. The number of amides is 1. The van der Waals surface area contributed by atoms with Gasteiger partial charge in [0.2, 0.25) is 15.9 Å². The molecule has 1 rings (SSSR count). The molecule has 1 amide bonds. The second-order valence-corrected chi connectivity index (χ2v) is 6.51. The Morgan fingerprint density at radius 2 is 1.95 bits per heavy atom. The first kappa shape index (κ1) is 18.2. The highest BCUT2D eigenvalue weighted by Crippen LogP contribution is 2.29. The molecule has 0 unspecified atom stereocenters. The minimum absolute atomic E-state index is 0.0397. The van der Waals surface area contributed by atoms with Crippen LogP contribution in [0.3, 0.4) is 0 Å². The van der Waals surface area contributed by atoms with Crippen molar-refractivity contribution in [1.82, 2.24) is 5.32 Å². The molecule has 0 aromatic heterocycles. The van der Waals surface area contributed by atoms with E-state index in [9.17, 15) is 13.2 Å². The average molecular weight is 330 g/mol. The molecule has 124 valence electrons. The summed E-state index contributed by atoms with van der Waals surface area (Å²) < 4.78 is 35.2. The van der Waals surface area contributed by atoms with Crippen LogP contribution in [-0.2, 0) is 19.6 Å². The monoisotopic (exact) mass is 330 g/mol. The Kier molecular flexibility index (Phi) is 7.13. The molecule has 0 spiro atoms. The summed E-state index contributed by atoms with van der Waals surface area (Å²) in [5.74, 6) is 0.202. The van der Waals surface area contributed by atoms with Gasteiger partial charge in [-0.2, -0.15) is 0 Å². The minimum atomic E-state index is -3.52. The topological polar surface area (TPSA) is 84.9 Å². The van der Waals surface area contributed by atoms with Crippen LogP contribution in [0, 0.1) is 0 Å². The van der Waals surface area contributed by atoms with Crippen LogP contribution in [0.15, 0.2) is 24.3 Å². The lowest BCUT2D eigenvalue weighted by Gasteiger charge is -2.24. The number of anilines is 1. The molecule has 0 saturated carbocycles. The van der Waals surface area contributed by atoms with Crippen LogP contribution in [0.5, 0.6) is 5.75 Å². The quantitative estimate of drug-likeness (QED) is 0.671. The number of nitrogens with one attached hydrogen (secondary N) is 1. The van der Waals surface area contributed by atoms with Crippen molar-refractivity contribution in [2.24, 2.45) is 0 Å². The second-order valence-electron chi connectivity index (χ2n) is 4.60. The van der Waals surface area contributed by atoms with Gasteiger partial charge in [-0.3, -0.25) is 9.10 Å². The van der Waals surface area contributed by atoms with Gasteiger partial charge in [0.05, 0.1) is 25.7 Å². The number of carbonyl (C=O) groups excluding carboxylic acids is 1. The zero-order chi connectivity index (χ0) is 16.6. The fourth-order valence-corrected chi connectivity index (χ4v) is 2.82. The molecule has 22 heavy (non-hydrogen) atoms.